The number of amides is 4. The van der Waals surface area contributed by atoms with Crippen molar-refractivity contribution in [2.45, 2.75) is 78.0 Å². The summed E-state index contributed by atoms with van der Waals surface area (Å²) in [6, 6.07) is -3.87. The second kappa shape index (κ2) is 12.8. The first-order chi connectivity index (χ1) is 15.3. The van der Waals surface area contributed by atoms with Gasteiger partial charge in [-0.2, -0.15) is 0 Å². The minimum absolute atomic E-state index is 0.102. The van der Waals surface area contributed by atoms with E-state index in [-0.39, 0.29) is 18.2 Å². The number of aliphatic carboxylic acids is 1. The standard InChI is InChI=1S/C21H36N6O6/c1-11-8-10-27(20(11)31)14(4)18(29)24-12(2)17(28)26-16(7-6-9-23-15(5)22)19(30)25-13(3)21(32)33/h11-14,16H,6-10H2,1-5H3,(H2,22,23)(H,24,29)(H,25,30)(H,26,28)(H,32,33)/t11-,12+,13+,14+,16+/m1/s1. The summed E-state index contributed by atoms with van der Waals surface area (Å²) < 4.78 is 0. The summed E-state index contributed by atoms with van der Waals surface area (Å²) in [5.74, 6) is -2.81. The smallest absolute Gasteiger partial charge is 0.325 e. The number of carbonyl (C=O) groups is 5. The van der Waals surface area contributed by atoms with E-state index < -0.39 is 47.9 Å². The van der Waals surface area contributed by atoms with Crippen molar-refractivity contribution in [1.82, 2.24) is 20.9 Å². The Bertz CT molecular complexity index is 781. The summed E-state index contributed by atoms with van der Waals surface area (Å²) in [5, 5.41) is 16.5. The molecule has 0 unspecified atom stereocenters. The van der Waals surface area contributed by atoms with Crippen LogP contribution in [0.5, 0.6) is 0 Å². The molecule has 0 aromatic heterocycles. The van der Waals surface area contributed by atoms with Gasteiger partial charge in [-0.3, -0.25) is 29.0 Å². The van der Waals surface area contributed by atoms with E-state index in [4.69, 9.17) is 10.8 Å². The van der Waals surface area contributed by atoms with E-state index in [1.807, 2.05) is 0 Å². The van der Waals surface area contributed by atoms with E-state index in [1.165, 1.54) is 18.7 Å². The molecule has 1 rings (SSSR count). The van der Waals surface area contributed by atoms with Crippen LogP contribution in [0.2, 0.25) is 0 Å². The fraction of sp³-hybridized carbons (Fsp3) is 0.714. The Morgan fingerprint density at radius 2 is 1.70 bits per heavy atom. The van der Waals surface area contributed by atoms with Crippen molar-refractivity contribution in [2.75, 3.05) is 13.1 Å². The maximum atomic E-state index is 12.7. The first-order valence-corrected chi connectivity index (χ1v) is 11.1. The van der Waals surface area contributed by atoms with Crippen molar-refractivity contribution < 1.29 is 29.1 Å². The summed E-state index contributed by atoms with van der Waals surface area (Å²) in [4.78, 5) is 66.5. The number of hydrogen-bond acceptors (Lipinski definition) is 6. The van der Waals surface area contributed by atoms with Crippen molar-refractivity contribution in [2.24, 2.45) is 16.6 Å². The van der Waals surface area contributed by atoms with Crippen molar-refractivity contribution >= 4 is 35.4 Å². The lowest BCUT2D eigenvalue weighted by Crippen LogP contribution is -2.56. The number of carboxylic acid groups (broad SMARTS) is 1. The summed E-state index contributed by atoms with van der Waals surface area (Å²) in [5.41, 5.74) is 5.49. The molecule has 1 aliphatic heterocycles. The van der Waals surface area contributed by atoms with Gasteiger partial charge >= 0.3 is 5.97 Å². The van der Waals surface area contributed by atoms with Crippen LogP contribution in [0, 0.1) is 5.92 Å². The minimum atomic E-state index is -1.21. The van der Waals surface area contributed by atoms with Crippen LogP contribution >= 0.6 is 0 Å². The van der Waals surface area contributed by atoms with Crippen molar-refractivity contribution in [3.8, 4) is 0 Å². The van der Waals surface area contributed by atoms with Crippen LogP contribution in [0.3, 0.4) is 0 Å². The zero-order chi connectivity index (χ0) is 25.3. The molecule has 0 saturated carbocycles. The number of nitrogens with zero attached hydrogens (tertiary/aromatic N) is 2. The number of amidine groups is 1. The van der Waals surface area contributed by atoms with Crippen molar-refractivity contribution in [1.29, 1.82) is 0 Å². The third-order valence-corrected chi connectivity index (χ3v) is 5.48. The van der Waals surface area contributed by atoms with E-state index in [9.17, 15) is 24.0 Å². The molecule has 1 saturated heterocycles. The minimum Gasteiger partial charge on any atom is -0.480 e. The topological polar surface area (TPSA) is 183 Å². The fourth-order valence-electron chi connectivity index (χ4n) is 3.27. The number of likely N-dealkylation sites (tertiary alicyclic amines) is 1. The normalized spacial score (nSPS) is 19.9. The molecule has 5 atom stereocenters. The number of carboxylic acids is 1. The third-order valence-electron chi connectivity index (χ3n) is 5.48. The van der Waals surface area contributed by atoms with Crippen LogP contribution in [-0.2, 0) is 24.0 Å². The van der Waals surface area contributed by atoms with Crippen molar-refractivity contribution in [3.05, 3.63) is 0 Å². The molecular formula is C21H36N6O6. The third kappa shape index (κ3) is 8.70. The molecule has 4 amide bonds. The highest BCUT2D eigenvalue weighted by Crippen LogP contribution is 2.19. The van der Waals surface area contributed by atoms with Gasteiger partial charge in [-0.1, -0.05) is 6.92 Å². The van der Waals surface area contributed by atoms with Crippen molar-refractivity contribution in [3.63, 3.8) is 0 Å². The van der Waals surface area contributed by atoms with E-state index >= 15 is 0 Å². The number of carbonyl (C=O) groups excluding carboxylic acids is 4. The van der Waals surface area contributed by atoms with Gasteiger partial charge in [0.1, 0.15) is 24.2 Å². The van der Waals surface area contributed by atoms with E-state index in [0.29, 0.717) is 31.8 Å². The Hall–Kier alpha value is -3.18. The second-order valence-electron chi connectivity index (χ2n) is 8.42. The van der Waals surface area contributed by atoms with E-state index in [0.717, 1.165) is 0 Å². The van der Waals surface area contributed by atoms with E-state index in [2.05, 4.69) is 20.9 Å². The molecule has 12 heteroatoms. The lowest BCUT2D eigenvalue weighted by Gasteiger charge is -2.26. The summed E-state index contributed by atoms with van der Waals surface area (Å²) in [7, 11) is 0. The fourth-order valence-corrected chi connectivity index (χ4v) is 3.27. The van der Waals surface area contributed by atoms with Gasteiger partial charge in [0, 0.05) is 19.0 Å². The van der Waals surface area contributed by atoms with Gasteiger partial charge < -0.3 is 31.7 Å². The monoisotopic (exact) mass is 468 g/mol. The average molecular weight is 469 g/mol. The van der Waals surface area contributed by atoms with Crippen LogP contribution in [0.25, 0.3) is 0 Å². The van der Waals surface area contributed by atoms with Crippen LogP contribution in [0.15, 0.2) is 4.99 Å². The molecule has 0 aromatic carbocycles. The summed E-state index contributed by atoms with van der Waals surface area (Å²) >= 11 is 0. The molecule has 1 fully saturated rings. The molecule has 1 aliphatic rings. The van der Waals surface area contributed by atoms with Gasteiger partial charge in [0.05, 0.1) is 5.84 Å². The molecule has 186 valence electrons. The highest BCUT2D eigenvalue weighted by atomic mass is 16.4. The van der Waals surface area contributed by atoms with Gasteiger partial charge in [-0.25, -0.2) is 0 Å². The SMILES string of the molecule is CC(N)=NCCC[C@H](NC(=O)[C@H](C)NC(=O)[C@H](C)N1CC[C@@H](C)C1=O)C(=O)N[C@@H](C)C(=O)O. The Kier molecular flexibility index (Phi) is 10.8. The first kappa shape index (κ1) is 27.9. The molecule has 0 radical (unpaired) electrons. The van der Waals surface area contributed by atoms with Crippen LogP contribution < -0.4 is 21.7 Å². The number of hydrogen-bond donors (Lipinski definition) is 5. The number of aliphatic imine (C=N–C) groups is 1. The maximum absolute atomic E-state index is 12.7. The highest BCUT2D eigenvalue weighted by Gasteiger charge is 2.35. The predicted molar refractivity (Wildman–Crippen MR) is 121 cm³/mol. The van der Waals surface area contributed by atoms with Gasteiger partial charge in [0.15, 0.2) is 0 Å². The number of nitrogens with two attached hydrogens (primary N) is 1. The quantitative estimate of drug-likeness (QED) is 0.138. The molecule has 0 aliphatic carbocycles. The van der Waals surface area contributed by atoms with E-state index in [1.54, 1.807) is 20.8 Å². The van der Waals surface area contributed by atoms with Gasteiger partial charge in [-0.15, -0.1) is 0 Å². The molecular weight excluding hydrogens is 432 g/mol. The number of nitrogens with one attached hydrogen (secondary N) is 3. The lowest BCUT2D eigenvalue weighted by atomic mass is 10.1. The van der Waals surface area contributed by atoms with Gasteiger partial charge in [0.25, 0.3) is 0 Å². The zero-order valence-corrected chi connectivity index (χ0v) is 19.9. The second-order valence-corrected chi connectivity index (χ2v) is 8.42. The Balaban J connectivity index is 2.75. The lowest BCUT2D eigenvalue weighted by molar-refractivity contribution is -0.142. The molecule has 0 aromatic rings. The average Bonchev–Trinajstić information content (AvgIpc) is 3.07. The Morgan fingerprint density at radius 3 is 2.21 bits per heavy atom. The largest absolute Gasteiger partial charge is 0.480 e. The molecule has 6 N–H and O–H groups in total. The Morgan fingerprint density at radius 1 is 1.09 bits per heavy atom. The highest BCUT2D eigenvalue weighted by molar-refractivity contribution is 5.95. The van der Waals surface area contributed by atoms with Crippen LogP contribution in [0.1, 0.15) is 53.9 Å². The molecule has 1 heterocycles. The van der Waals surface area contributed by atoms with Crippen LogP contribution in [-0.4, -0.2) is 82.7 Å². The first-order valence-electron chi connectivity index (χ1n) is 11.1. The molecule has 33 heavy (non-hydrogen) atoms. The zero-order valence-electron chi connectivity index (χ0n) is 19.9. The molecule has 12 nitrogen and oxygen atoms in total. The summed E-state index contributed by atoms with van der Waals surface area (Å²) in [6.07, 6.45) is 1.28. The van der Waals surface area contributed by atoms with Gasteiger partial charge in [-0.05, 0) is 47.0 Å². The molecule has 0 bridgehead atoms. The Labute approximate surface area is 193 Å². The van der Waals surface area contributed by atoms with Crippen LogP contribution in [0.4, 0.5) is 0 Å². The summed E-state index contributed by atoms with van der Waals surface area (Å²) in [6.45, 7) is 8.62. The molecule has 0 spiro atoms. The number of rotatable bonds is 12. The maximum Gasteiger partial charge on any atom is 0.325 e. The predicted octanol–water partition coefficient (Wildman–Crippen LogP) is -1.02. The van der Waals surface area contributed by atoms with Gasteiger partial charge in [0.2, 0.25) is 23.6 Å².